The van der Waals surface area contributed by atoms with Crippen LogP contribution in [-0.4, -0.2) is 26.7 Å². The fourth-order valence-electron chi connectivity index (χ4n) is 1.89. The summed E-state index contributed by atoms with van der Waals surface area (Å²) in [6.07, 6.45) is 1.07. The van der Waals surface area contributed by atoms with Gasteiger partial charge in [0.15, 0.2) is 0 Å². The van der Waals surface area contributed by atoms with Crippen LogP contribution in [0.25, 0.3) is 0 Å². The summed E-state index contributed by atoms with van der Waals surface area (Å²) in [7, 11) is 1.97. The summed E-state index contributed by atoms with van der Waals surface area (Å²) in [6, 6.07) is 17.8. The average Bonchev–Trinajstić information content (AvgIpc) is 2.69. The van der Waals surface area contributed by atoms with Crippen molar-refractivity contribution in [3.05, 3.63) is 65.7 Å². The predicted octanol–water partition coefficient (Wildman–Crippen LogP) is 4.48. The molecule has 0 bridgehead atoms. The van der Waals surface area contributed by atoms with Gasteiger partial charge < -0.3 is 14.8 Å². The zero-order valence-electron chi connectivity index (χ0n) is 15.8. The van der Waals surface area contributed by atoms with Gasteiger partial charge in [-0.15, -0.1) is 0 Å². The first-order valence-electron chi connectivity index (χ1n) is 8.75. The molecule has 140 valence electrons. The molecule has 25 heavy (non-hydrogen) atoms. The van der Waals surface area contributed by atoms with E-state index < -0.39 is 0 Å². The summed E-state index contributed by atoms with van der Waals surface area (Å²) in [5, 5.41) is 3.12. The minimum atomic E-state index is 0. The number of carbonyl (C=O) groups excluding carboxylic acids is 1. The summed E-state index contributed by atoms with van der Waals surface area (Å²) in [6.45, 7) is 8.57. The molecule has 0 aromatic heterocycles. The monoisotopic (exact) mass is 347 g/mol. The molecule has 2 aromatic carbocycles. The zero-order chi connectivity index (χ0) is 18.8. The van der Waals surface area contributed by atoms with Gasteiger partial charge >= 0.3 is 0 Å². The van der Waals surface area contributed by atoms with Crippen molar-refractivity contribution in [2.24, 2.45) is 0 Å². The van der Waals surface area contributed by atoms with Crippen LogP contribution in [0.3, 0.4) is 0 Å². The van der Waals surface area contributed by atoms with Gasteiger partial charge in [0.1, 0.15) is 12.4 Å². The lowest BCUT2D eigenvalue weighted by atomic mass is 10.1. The van der Waals surface area contributed by atoms with Crippen LogP contribution in [-0.2, 0) is 22.6 Å². The van der Waals surface area contributed by atoms with Crippen molar-refractivity contribution in [3.63, 3.8) is 0 Å². The summed E-state index contributed by atoms with van der Waals surface area (Å²) >= 11 is 0. The molecular formula is C21H33NO3. The number of ether oxygens (including phenoxy) is 2. The van der Waals surface area contributed by atoms with Crippen molar-refractivity contribution in [3.8, 4) is 5.75 Å². The van der Waals surface area contributed by atoms with Crippen LogP contribution in [0.5, 0.6) is 5.75 Å². The van der Waals surface area contributed by atoms with Crippen molar-refractivity contribution in [2.45, 2.75) is 33.8 Å². The van der Waals surface area contributed by atoms with Gasteiger partial charge in [0.05, 0.1) is 6.61 Å². The third-order valence-electron chi connectivity index (χ3n) is 3.06. The first-order valence-corrected chi connectivity index (χ1v) is 8.75. The maximum absolute atomic E-state index is 9.76. The maximum Gasteiger partial charge on any atom is 0.293 e. The Morgan fingerprint density at radius 1 is 1.00 bits per heavy atom. The molecule has 0 saturated heterocycles. The van der Waals surface area contributed by atoms with E-state index in [1.807, 2.05) is 70.3 Å². The van der Waals surface area contributed by atoms with E-state index in [-0.39, 0.29) is 1.43 Å². The SMILES string of the molecule is CC.CCOc1ccc(CCNC)cc1.O=COCc1ccccc1.[HH]. The Morgan fingerprint density at radius 2 is 1.64 bits per heavy atom. The quantitative estimate of drug-likeness (QED) is 0.715. The van der Waals surface area contributed by atoms with E-state index in [9.17, 15) is 4.79 Å². The first kappa shape index (κ1) is 22.7. The number of benzene rings is 2. The third kappa shape index (κ3) is 11.8. The van der Waals surface area contributed by atoms with Crippen molar-refractivity contribution in [1.29, 1.82) is 0 Å². The van der Waals surface area contributed by atoms with Gasteiger partial charge in [-0.1, -0.05) is 56.3 Å². The van der Waals surface area contributed by atoms with E-state index in [4.69, 9.17) is 4.74 Å². The Kier molecular flexibility index (Phi) is 15.0. The van der Waals surface area contributed by atoms with Crippen molar-refractivity contribution < 1.29 is 15.7 Å². The molecule has 0 spiro atoms. The number of hydrogen-bond acceptors (Lipinski definition) is 4. The minimum absolute atomic E-state index is 0. The summed E-state index contributed by atoms with van der Waals surface area (Å²) in [5.74, 6) is 0.954. The molecule has 0 amide bonds. The van der Waals surface area contributed by atoms with Crippen molar-refractivity contribution in [2.75, 3.05) is 20.2 Å². The second-order valence-electron chi connectivity index (χ2n) is 4.82. The average molecular weight is 347 g/mol. The van der Waals surface area contributed by atoms with E-state index >= 15 is 0 Å². The maximum atomic E-state index is 9.76. The molecule has 0 saturated carbocycles. The highest BCUT2D eigenvalue weighted by Gasteiger charge is 1.93. The Bertz CT molecular complexity index is 533. The molecule has 0 aliphatic carbocycles. The molecule has 2 aromatic rings. The van der Waals surface area contributed by atoms with Crippen molar-refractivity contribution in [1.82, 2.24) is 5.32 Å². The molecule has 0 fully saturated rings. The molecule has 4 heteroatoms. The summed E-state index contributed by atoms with van der Waals surface area (Å²) in [5.41, 5.74) is 2.35. The molecule has 0 radical (unpaired) electrons. The van der Waals surface area contributed by atoms with Crippen LogP contribution in [0, 0.1) is 0 Å². The Hall–Kier alpha value is -2.33. The van der Waals surface area contributed by atoms with Crippen LogP contribution in [0.15, 0.2) is 54.6 Å². The number of likely N-dealkylation sites (N-methyl/N-ethyl adjacent to an activating group) is 1. The predicted molar refractivity (Wildman–Crippen MR) is 106 cm³/mol. The van der Waals surface area contributed by atoms with E-state index in [0.29, 0.717) is 13.1 Å². The molecule has 0 aliphatic heterocycles. The highest BCUT2D eigenvalue weighted by atomic mass is 16.5. The topological polar surface area (TPSA) is 47.6 Å². The van der Waals surface area contributed by atoms with Crippen molar-refractivity contribution >= 4 is 6.47 Å². The van der Waals surface area contributed by atoms with Gasteiger partial charge in [0, 0.05) is 1.43 Å². The number of nitrogens with one attached hydrogen (secondary N) is 1. The molecular weight excluding hydrogens is 314 g/mol. The molecule has 2 rings (SSSR count). The number of rotatable bonds is 8. The van der Waals surface area contributed by atoms with Crippen LogP contribution < -0.4 is 10.1 Å². The Balaban J connectivity index is 0. The molecule has 0 unspecified atom stereocenters. The lowest BCUT2D eigenvalue weighted by molar-refractivity contribution is -0.129. The fourth-order valence-corrected chi connectivity index (χ4v) is 1.89. The van der Waals surface area contributed by atoms with Crippen LogP contribution in [0.4, 0.5) is 0 Å². The molecule has 0 atom stereocenters. The highest BCUT2D eigenvalue weighted by molar-refractivity contribution is 5.37. The fraction of sp³-hybridized carbons (Fsp3) is 0.381. The first-order chi connectivity index (χ1) is 12.3. The molecule has 4 nitrogen and oxygen atoms in total. The van der Waals surface area contributed by atoms with Crippen LogP contribution >= 0.6 is 0 Å². The Morgan fingerprint density at radius 3 is 2.16 bits per heavy atom. The Labute approximate surface area is 153 Å². The summed E-state index contributed by atoms with van der Waals surface area (Å²) in [4.78, 5) is 9.76. The number of carbonyl (C=O) groups is 1. The largest absolute Gasteiger partial charge is 0.494 e. The van der Waals surface area contributed by atoms with E-state index in [1.54, 1.807) is 0 Å². The highest BCUT2D eigenvalue weighted by Crippen LogP contribution is 2.11. The zero-order valence-corrected chi connectivity index (χ0v) is 15.8. The molecule has 1 N–H and O–H groups in total. The molecule has 0 heterocycles. The van der Waals surface area contributed by atoms with Gasteiger partial charge in [0.2, 0.25) is 0 Å². The minimum Gasteiger partial charge on any atom is -0.494 e. The van der Waals surface area contributed by atoms with Gasteiger partial charge in [0.25, 0.3) is 6.47 Å². The van der Waals surface area contributed by atoms with Gasteiger partial charge in [-0.2, -0.15) is 0 Å². The van der Waals surface area contributed by atoms with Gasteiger partial charge in [-0.05, 0) is 50.2 Å². The normalized spacial score (nSPS) is 8.96. The van der Waals surface area contributed by atoms with Gasteiger partial charge in [-0.3, -0.25) is 4.79 Å². The van der Waals surface area contributed by atoms with E-state index in [0.717, 1.165) is 30.9 Å². The smallest absolute Gasteiger partial charge is 0.293 e. The summed E-state index contributed by atoms with van der Waals surface area (Å²) < 4.78 is 9.89. The second kappa shape index (κ2) is 16.5. The standard InChI is InChI=1S/C11H17NO.C8H8O2.C2H6.H2/c1-3-13-11-6-4-10(5-7-11)8-9-12-2;9-7-10-6-8-4-2-1-3-5-8;1-2;/h4-7,12H,3,8-9H2,1-2H3;1-5,7H,6H2;1-2H3;1H. The lowest BCUT2D eigenvalue weighted by Crippen LogP contribution is -2.10. The van der Waals surface area contributed by atoms with Crippen LogP contribution in [0.2, 0.25) is 0 Å². The number of hydrogen-bond donors (Lipinski definition) is 1. The van der Waals surface area contributed by atoms with E-state index in [2.05, 4.69) is 22.2 Å². The third-order valence-corrected chi connectivity index (χ3v) is 3.06. The second-order valence-corrected chi connectivity index (χ2v) is 4.82. The lowest BCUT2D eigenvalue weighted by Gasteiger charge is -2.04. The molecule has 0 aliphatic rings. The van der Waals surface area contributed by atoms with E-state index in [1.165, 1.54) is 5.56 Å². The van der Waals surface area contributed by atoms with Crippen LogP contribution in [0.1, 0.15) is 33.3 Å². The van der Waals surface area contributed by atoms with Gasteiger partial charge in [-0.25, -0.2) is 0 Å².